The third-order valence-electron chi connectivity index (χ3n) is 1.67. The maximum atomic E-state index is 3.95. The van der Waals surface area contributed by atoms with Gasteiger partial charge in [0.15, 0.2) is 0 Å². The molecule has 1 aromatic carbocycles. The van der Waals surface area contributed by atoms with Gasteiger partial charge in [0.2, 0.25) is 0 Å². The third kappa shape index (κ3) is 1.24. The van der Waals surface area contributed by atoms with Crippen LogP contribution >= 0.6 is 43.2 Å². The molecule has 0 atom stereocenters. The molecule has 0 saturated carbocycles. The molecular formula is C9H5Br2S. The summed E-state index contributed by atoms with van der Waals surface area (Å²) in [6, 6.07) is 6.18. The van der Waals surface area contributed by atoms with Crippen LogP contribution in [0.3, 0.4) is 0 Å². The van der Waals surface area contributed by atoms with E-state index < -0.39 is 0 Å². The van der Waals surface area contributed by atoms with Crippen molar-refractivity contribution in [2.45, 2.75) is 0 Å². The van der Waals surface area contributed by atoms with Gasteiger partial charge in [-0.15, -0.1) is 11.3 Å². The van der Waals surface area contributed by atoms with E-state index in [0.29, 0.717) is 0 Å². The average molecular weight is 305 g/mol. The summed E-state index contributed by atoms with van der Waals surface area (Å²) in [7, 11) is 0. The smallest absolute Gasteiger partial charge is 0.0404 e. The molecule has 2 rings (SSSR count). The molecule has 1 radical (unpaired) electrons. The fraction of sp³-hybridized carbons (Fsp3) is 0. The lowest BCUT2D eigenvalue weighted by Crippen LogP contribution is -1.67. The van der Waals surface area contributed by atoms with Gasteiger partial charge in [-0.1, -0.05) is 22.0 Å². The van der Waals surface area contributed by atoms with Gasteiger partial charge < -0.3 is 0 Å². The van der Waals surface area contributed by atoms with E-state index in [9.17, 15) is 0 Å². The molecule has 1 heterocycles. The Morgan fingerprint density at radius 3 is 2.67 bits per heavy atom. The van der Waals surface area contributed by atoms with Gasteiger partial charge in [-0.25, -0.2) is 0 Å². The maximum absolute atomic E-state index is 3.95. The van der Waals surface area contributed by atoms with Crippen molar-refractivity contribution in [2.75, 3.05) is 0 Å². The van der Waals surface area contributed by atoms with Gasteiger partial charge in [-0.05, 0) is 35.0 Å². The van der Waals surface area contributed by atoms with Crippen LogP contribution in [0.25, 0.3) is 10.1 Å². The standard InChI is InChI=1S/C9H5Br2S/c1-5-9(11)8-6(10)3-2-4-7(8)12-5/h2-4H,1H2. The molecule has 0 nitrogen and oxygen atoms in total. The number of rotatable bonds is 0. The Bertz CT molecular complexity index is 431. The monoisotopic (exact) mass is 303 g/mol. The van der Waals surface area contributed by atoms with E-state index >= 15 is 0 Å². The van der Waals surface area contributed by atoms with Crippen LogP contribution in [0.2, 0.25) is 0 Å². The van der Waals surface area contributed by atoms with E-state index in [-0.39, 0.29) is 0 Å². The first-order valence-electron chi connectivity index (χ1n) is 3.38. The lowest BCUT2D eigenvalue weighted by molar-refractivity contribution is 1.74. The van der Waals surface area contributed by atoms with Crippen LogP contribution in [0.4, 0.5) is 0 Å². The van der Waals surface area contributed by atoms with Crippen LogP contribution in [0.15, 0.2) is 27.1 Å². The molecule has 0 aliphatic heterocycles. The fourth-order valence-corrected chi connectivity index (χ4v) is 3.80. The summed E-state index contributed by atoms with van der Waals surface area (Å²) in [6.07, 6.45) is 0. The van der Waals surface area contributed by atoms with Crippen molar-refractivity contribution in [1.29, 1.82) is 0 Å². The van der Waals surface area contributed by atoms with Crippen LogP contribution in [-0.4, -0.2) is 0 Å². The van der Waals surface area contributed by atoms with E-state index in [1.54, 1.807) is 11.3 Å². The molecule has 61 valence electrons. The molecule has 0 fully saturated rings. The van der Waals surface area contributed by atoms with Gasteiger partial charge in [0.25, 0.3) is 0 Å². The molecule has 0 aliphatic carbocycles. The Balaban J connectivity index is 2.97. The Hall–Kier alpha value is 0.140. The van der Waals surface area contributed by atoms with Gasteiger partial charge in [-0.2, -0.15) is 0 Å². The molecule has 0 amide bonds. The minimum Gasteiger partial charge on any atom is -0.139 e. The first-order chi connectivity index (χ1) is 5.70. The molecular weight excluding hydrogens is 300 g/mol. The van der Waals surface area contributed by atoms with Gasteiger partial charge >= 0.3 is 0 Å². The zero-order chi connectivity index (χ0) is 8.72. The van der Waals surface area contributed by atoms with Crippen LogP contribution in [0.5, 0.6) is 0 Å². The van der Waals surface area contributed by atoms with Crippen LogP contribution in [-0.2, 0) is 0 Å². The fourth-order valence-electron chi connectivity index (χ4n) is 1.12. The van der Waals surface area contributed by atoms with Gasteiger partial charge in [0.05, 0.1) is 0 Å². The van der Waals surface area contributed by atoms with Crippen LogP contribution < -0.4 is 0 Å². The number of hydrogen-bond acceptors (Lipinski definition) is 1. The lowest BCUT2D eigenvalue weighted by atomic mass is 10.2. The van der Waals surface area contributed by atoms with E-state index in [0.717, 1.165) is 13.8 Å². The van der Waals surface area contributed by atoms with Gasteiger partial charge in [0.1, 0.15) is 0 Å². The summed E-state index contributed by atoms with van der Waals surface area (Å²) in [5.74, 6) is 0. The Morgan fingerprint density at radius 2 is 2.00 bits per heavy atom. The summed E-state index contributed by atoms with van der Waals surface area (Å²) in [5, 5.41) is 1.23. The van der Waals surface area contributed by atoms with Crippen molar-refractivity contribution in [3.05, 3.63) is 38.9 Å². The van der Waals surface area contributed by atoms with Crippen molar-refractivity contribution in [1.82, 2.24) is 0 Å². The number of thiophene rings is 1. The molecule has 0 N–H and O–H groups in total. The second kappa shape index (κ2) is 3.13. The molecule has 1 aromatic heterocycles. The Morgan fingerprint density at radius 1 is 1.25 bits per heavy atom. The highest BCUT2D eigenvalue weighted by atomic mass is 79.9. The average Bonchev–Trinajstić information content (AvgIpc) is 2.29. The normalized spacial score (nSPS) is 10.9. The summed E-state index contributed by atoms with van der Waals surface area (Å²) in [6.45, 7) is 3.95. The predicted molar refractivity (Wildman–Crippen MR) is 61.7 cm³/mol. The van der Waals surface area contributed by atoms with Crippen LogP contribution in [0, 0.1) is 6.92 Å². The van der Waals surface area contributed by atoms with E-state index in [4.69, 9.17) is 0 Å². The number of halogens is 2. The summed E-state index contributed by atoms with van der Waals surface area (Å²) in [4.78, 5) is 1.08. The first-order valence-corrected chi connectivity index (χ1v) is 5.79. The molecule has 0 saturated heterocycles. The van der Waals surface area contributed by atoms with Gasteiger partial charge in [0, 0.05) is 23.9 Å². The highest BCUT2D eigenvalue weighted by Gasteiger charge is 2.08. The largest absolute Gasteiger partial charge is 0.139 e. The second-order valence-electron chi connectivity index (χ2n) is 2.45. The lowest BCUT2D eigenvalue weighted by Gasteiger charge is -1.93. The summed E-state index contributed by atoms with van der Waals surface area (Å²) >= 11 is 8.73. The molecule has 12 heavy (non-hydrogen) atoms. The quantitative estimate of drug-likeness (QED) is 0.667. The highest BCUT2D eigenvalue weighted by Crippen LogP contribution is 2.38. The predicted octanol–water partition coefficient (Wildman–Crippen LogP) is 4.61. The van der Waals surface area contributed by atoms with Crippen molar-refractivity contribution in [2.24, 2.45) is 0 Å². The highest BCUT2D eigenvalue weighted by molar-refractivity contribution is 9.11. The van der Waals surface area contributed by atoms with E-state index in [1.165, 1.54) is 10.1 Å². The molecule has 0 bridgehead atoms. The number of hydrogen-bond donors (Lipinski definition) is 0. The van der Waals surface area contributed by atoms with Crippen LogP contribution in [0.1, 0.15) is 4.88 Å². The Kier molecular flexibility index (Phi) is 2.27. The van der Waals surface area contributed by atoms with Crippen molar-refractivity contribution in [3.63, 3.8) is 0 Å². The molecule has 3 heteroatoms. The van der Waals surface area contributed by atoms with Crippen molar-refractivity contribution >= 4 is 53.3 Å². The molecule has 0 unspecified atom stereocenters. The summed E-state index contributed by atoms with van der Waals surface area (Å²) < 4.78 is 3.49. The zero-order valence-electron chi connectivity index (χ0n) is 6.10. The van der Waals surface area contributed by atoms with E-state index in [2.05, 4.69) is 44.8 Å². The topological polar surface area (TPSA) is 0 Å². The molecule has 0 aliphatic rings. The van der Waals surface area contributed by atoms with Gasteiger partial charge in [-0.3, -0.25) is 0 Å². The second-order valence-corrected chi connectivity index (χ2v) is 5.24. The number of fused-ring (bicyclic) bond motifs is 1. The SMILES string of the molecule is [CH2]c1sc2cccc(Br)c2c1Br. The molecule has 0 spiro atoms. The molecule has 2 aromatic rings. The first kappa shape index (κ1) is 8.73. The number of benzene rings is 1. The Labute approximate surface area is 91.9 Å². The minimum absolute atomic E-state index is 1.08. The van der Waals surface area contributed by atoms with Crippen molar-refractivity contribution < 1.29 is 0 Å². The zero-order valence-corrected chi connectivity index (χ0v) is 10.1. The minimum atomic E-state index is 1.08. The summed E-state index contributed by atoms with van der Waals surface area (Å²) in [5.41, 5.74) is 0. The van der Waals surface area contributed by atoms with Crippen molar-refractivity contribution in [3.8, 4) is 0 Å². The maximum Gasteiger partial charge on any atom is 0.0404 e. The third-order valence-corrected chi connectivity index (χ3v) is 4.48. The van der Waals surface area contributed by atoms with E-state index in [1.807, 2.05) is 12.1 Å².